The molecule has 0 heterocycles. The molecular formula is C9H9F7O3. The van der Waals surface area contributed by atoms with Gasteiger partial charge in [-0.15, -0.1) is 0 Å². The van der Waals surface area contributed by atoms with Crippen LogP contribution in [0.1, 0.15) is 0 Å². The van der Waals surface area contributed by atoms with E-state index in [1.807, 2.05) is 0 Å². The van der Waals surface area contributed by atoms with Crippen molar-refractivity contribution < 1.29 is 45.0 Å². The topological polar surface area (TPSA) is 35.5 Å². The van der Waals surface area contributed by atoms with E-state index in [0.717, 1.165) is 0 Å². The Kier molecular flexibility index (Phi) is 6.27. The van der Waals surface area contributed by atoms with Gasteiger partial charge in [0.15, 0.2) is 6.61 Å². The van der Waals surface area contributed by atoms with E-state index < -0.39 is 49.9 Å². The highest BCUT2D eigenvalue weighted by molar-refractivity contribution is 5.87. The van der Waals surface area contributed by atoms with Gasteiger partial charge in [0.2, 0.25) is 0 Å². The maximum atomic E-state index is 12.3. The van der Waals surface area contributed by atoms with Gasteiger partial charge in [0.05, 0.1) is 12.2 Å². The summed E-state index contributed by atoms with van der Waals surface area (Å²) >= 11 is 0. The average molecular weight is 298 g/mol. The first-order valence-electron chi connectivity index (χ1n) is 4.61. The molecule has 0 radical (unpaired) electrons. The molecule has 0 aliphatic carbocycles. The molecule has 0 aromatic carbocycles. The van der Waals surface area contributed by atoms with Crippen molar-refractivity contribution in [3.8, 4) is 0 Å². The lowest BCUT2D eigenvalue weighted by molar-refractivity contribution is -0.180. The van der Waals surface area contributed by atoms with Gasteiger partial charge in [0, 0.05) is 0 Å². The van der Waals surface area contributed by atoms with E-state index in [-0.39, 0.29) is 0 Å². The summed E-state index contributed by atoms with van der Waals surface area (Å²) in [7, 11) is 0. The molecular weight excluding hydrogens is 289 g/mol. The summed E-state index contributed by atoms with van der Waals surface area (Å²) < 4.78 is 90.8. The van der Waals surface area contributed by atoms with Crippen LogP contribution < -0.4 is 0 Å². The number of alkyl halides is 7. The molecule has 0 rings (SSSR count). The van der Waals surface area contributed by atoms with Gasteiger partial charge in [-0.3, -0.25) is 0 Å². The number of hydrogen-bond donors (Lipinski definition) is 0. The van der Waals surface area contributed by atoms with Crippen LogP contribution in [0.15, 0.2) is 12.2 Å². The van der Waals surface area contributed by atoms with Gasteiger partial charge < -0.3 is 9.47 Å². The van der Waals surface area contributed by atoms with E-state index in [4.69, 9.17) is 0 Å². The second-order valence-corrected chi connectivity index (χ2v) is 3.35. The summed E-state index contributed by atoms with van der Waals surface area (Å²) in [6, 6.07) is 0. The van der Waals surface area contributed by atoms with E-state index in [1.165, 1.54) is 0 Å². The molecule has 19 heavy (non-hydrogen) atoms. The van der Waals surface area contributed by atoms with Crippen LogP contribution >= 0.6 is 0 Å². The Hall–Kier alpha value is -1.32. The maximum absolute atomic E-state index is 12.3. The number of hydrogen-bond acceptors (Lipinski definition) is 3. The molecule has 0 fully saturated rings. The lowest BCUT2D eigenvalue weighted by Crippen LogP contribution is -2.34. The van der Waals surface area contributed by atoms with E-state index >= 15 is 0 Å². The fourth-order valence-corrected chi connectivity index (χ4v) is 0.676. The lowest BCUT2D eigenvalue weighted by atomic mass is 10.3. The highest BCUT2D eigenvalue weighted by atomic mass is 19.4. The minimum atomic E-state index is -4.63. The minimum Gasteiger partial charge on any atom is -0.456 e. The Balaban J connectivity index is 4.06. The largest absolute Gasteiger partial charge is 0.456 e. The number of carbonyl (C=O) groups is 1. The van der Waals surface area contributed by atoms with Gasteiger partial charge in [0.25, 0.3) is 0 Å². The number of rotatable bonds is 7. The highest BCUT2D eigenvalue weighted by Gasteiger charge is 2.42. The quantitative estimate of drug-likeness (QED) is 0.412. The van der Waals surface area contributed by atoms with Crippen molar-refractivity contribution in [3.63, 3.8) is 0 Å². The predicted molar refractivity (Wildman–Crippen MR) is 47.9 cm³/mol. The van der Waals surface area contributed by atoms with Crippen LogP contribution in [0, 0.1) is 0 Å². The summed E-state index contributed by atoms with van der Waals surface area (Å²) in [4.78, 5) is 10.9. The fourth-order valence-electron chi connectivity index (χ4n) is 0.676. The number of esters is 1. The third kappa shape index (κ3) is 7.65. The Bertz CT molecular complexity index is 324. The van der Waals surface area contributed by atoms with E-state index in [1.54, 1.807) is 0 Å². The Labute approximate surface area is 103 Å². The molecule has 0 unspecified atom stereocenters. The minimum absolute atomic E-state index is 0.700. The molecule has 0 bridgehead atoms. The summed E-state index contributed by atoms with van der Waals surface area (Å²) in [5, 5.41) is 0. The predicted octanol–water partition coefficient (Wildman–Crippen LogP) is 2.57. The molecule has 10 heteroatoms. The van der Waals surface area contributed by atoms with Crippen LogP contribution in [-0.4, -0.2) is 44.3 Å². The van der Waals surface area contributed by atoms with Crippen molar-refractivity contribution in [1.29, 1.82) is 0 Å². The highest BCUT2D eigenvalue weighted by Crippen LogP contribution is 2.23. The summed E-state index contributed by atoms with van der Waals surface area (Å²) in [5.74, 6) is -6.08. The lowest BCUT2D eigenvalue weighted by Gasteiger charge is -2.15. The van der Waals surface area contributed by atoms with Crippen LogP contribution in [-0.2, 0) is 14.3 Å². The van der Waals surface area contributed by atoms with Crippen LogP contribution in [0.5, 0.6) is 0 Å². The monoisotopic (exact) mass is 298 g/mol. The second-order valence-electron chi connectivity index (χ2n) is 3.35. The van der Waals surface area contributed by atoms with Gasteiger partial charge in [-0.1, -0.05) is 6.58 Å². The van der Waals surface area contributed by atoms with E-state index in [2.05, 4.69) is 16.1 Å². The van der Waals surface area contributed by atoms with Gasteiger partial charge in [-0.05, 0) is 0 Å². The first-order valence-corrected chi connectivity index (χ1v) is 4.61. The van der Waals surface area contributed by atoms with Crippen LogP contribution in [0.2, 0.25) is 0 Å². The Morgan fingerprint density at radius 3 is 2.05 bits per heavy atom. The van der Waals surface area contributed by atoms with E-state index in [9.17, 15) is 35.5 Å². The molecule has 0 spiro atoms. The van der Waals surface area contributed by atoms with Gasteiger partial charge in [-0.25, -0.2) is 13.6 Å². The van der Waals surface area contributed by atoms with Crippen LogP contribution in [0.25, 0.3) is 0 Å². The molecule has 0 saturated carbocycles. The van der Waals surface area contributed by atoms with E-state index in [0.29, 0.717) is 0 Å². The fraction of sp³-hybridized carbons (Fsp3) is 0.667. The second kappa shape index (κ2) is 6.73. The molecule has 0 N–H and O–H groups in total. The molecule has 0 aromatic heterocycles. The van der Waals surface area contributed by atoms with Crippen molar-refractivity contribution in [2.75, 3.05) is 19.8 Å². The van der Waals surface area contributed by atoms with Crippen molar-refractivity contribution in [1.82, 2.24) is 0 Å². The number of carbonyl (C=O) groups excluding carboxylic acids is 1. The van der Waals surface area contributed by atoms with Crippen LogP contribution in [0.4, 0.5) is 30.7 Å². The Morgan fingerprint density at radius 1 is 1.11 bits per heavy atom. The number of ether oxygens (including phenoxy) is 2. The van der Waals surface area contributed by atoms with Gasteiger partial charge >= 0.3 is 24.5 Å². The zero-order chi connectivity index (χ0) is 15.3. The molecule has 0 amide bonds. The summed E-state index contributed by atoms with van der Waals surface area (Å²) in [5.41, 5.74) is -0.700. The first-order chi connectivity index (χ1) is 8.46. The molecule has 112 valence electrons. The number of halogens is 7. The van der Waals surface area contributed by atoms with Crippen molar-refractivity contribution in [3.05, 3.63) is 12.2 Å². The summed E-state index contributed by atoms with van der Waals surface area (Å²) in [6.07, 6.45) is -8.66. The third-order valence-electron chi connectivity index (χ3n) is 1.55. The van der Waals surface area contributed by atoms with Gasteiger partial charge in [0.1, 0.15) is 6.61 Å². The van der Waals surface area contributed by atoms with Crippen molar-refractivity contribution in [2.24, 2.45) is 0 Å². The Morgan fingerprint density at radius 2 is 1.63 bits per heavy atom. The molecule has 0 aliphatic rings. The first kappa shape index (κ1) is 17.7. The molecule has 0 aliphatic heterocycles. The maximum Gasteiger partial charge on any atom is 0.411 e. The zero-order valence-electron chi connectivity index (χ0n) is 9.28. The van der Waals surface area contributed by atoms with Crippen molar-refractivity contribution >= 4 is 5.97 Å². The van der Waals surface area contributed by atoms with Crippen LogP contribution in [0.3, 0.4) is 0 Å². The van der Waals surface area contributed by atoms with Gasteiger partial charge in [-0.2, -0.15) is 22.0 Å². The average Bonchev–Trinajstić information content (AvgIpc) is 2.23. The molecule has 3 nitrogen and oxygen atoms in total. The normalized spacial score (nSPS) is 12.6. The molecule has 0 aromatic rings. The van der Waals surface area contributed by atoms with Crippen molar-refractivity contribution in [2.45, 2.75) is 18.5 Å². The SMILES string of the molecule is C=C(COCC(F)(F)F)C(=O)OCC(F)(F)C(F)F. The smallest absolute Gasteiger partial charge is 0.411 e. The zero-order valence-corrected chi connectivity index (χ0v) is 9.28. The molecule has 0 atom stereocenters. The third-order valence-corrected chi connectivity index (χ3v) is 1.55. The summed E-state index contributed by atoms with van der Waals surface area (Å²) in [6.45, 7) is -1.57. The standard InChI is InChI=1S/C9H9F7O3/c1-5(2-18-4-9(14,15)16)6(17)19-3-8(12,13)7(10)11/h7H,1-4H2. The molecule has 0 saturated heterocycles.